The fourth-order valence-corrected chi connectivity index (χ4v) is 1.48. The summed E-state index contributed by atoms with van der Waals surface area (Å²) in [4.78, 5) is 4.39. The Hall–Kier alpha value is -1.75. The molecule has 1 aromatic carbocycles. The molecular weight excluding hydrogens is 242 g/mol. The monoisotopic (exact) mass is 265 g/mol. The lowest BCUT2D eigenvalue weighted by Crippen LogP contribution is -2.38. The smallest absolute Gasteiger partial charge is 0.191 e. The number of nitrogens with one attached hydrogen (secondary N) is 2. The predicted molar refractivity (Wildman–Crippen MR) is 77.6 cm³/mol. The first kappa shape index (κ1) is 15.3. The number of hydrogen-bond donors (Lipinski definition) is 3. The van der Waals surface area contributed by atoms with Gasteiger partial charge >= 0.3 is 0 Å². The maximum Gasteiger partial charge on any atom is 0.191 e. The van der Waals surface area contributed by atoms with Crippen LogP contribution in [0.15, 0.2) is 35.3 Å². The Kier molecular flexibility index (Phi) is 8.22. The largest absolute Gasteiger partial charge is 0.494 e. The van der Waals surface area contributed by atoms with Crippen LogP contribution in [0.4, 0.5) is 0 Å². The van der Waals surface area contributed by atoms with Crippen LogP contribution in [0.2, 0.25) is 0 Å². The summed E-state index contributed by atoms with van der Waals surface area (Å²) in [6.45, 7) is 4.75. The molecule has 0 aliphatic rings. The molecule has 0 spiro atoms. The molecule has 0 bridgehead atoms. The Balaban J connectivity index is 2.19. The van der Waals surface area contributed by atoms with Gasteiger partial charge in [0, 0.05) is 26.1 Å². The first-order valence-corrected chi connectivity index (χ1v) is 6.67. The van der Waals surface area contributed by atoms with E-state index in [1.54, 1.807) is 0 Å². The number of guanidine groups is 1. The summed E-state index contributed by atoms with van der Waals surface area (Å²) in [5.74, 6) is 1.62. The van der Waals surface area contributed by atoms with Crippen molar-refractivity contribution in [3.63, 3.8) is 0 Å². The molecule has 0 radical (unpaired) electrons. The van der Waals surface area contributed by atoms with Crippen LogP contribution in [-0.4, -0.2) is 43.9 Å². The molecule has 1 rings (SSSR count). The van der Waals surface area contributed by atoms with Crippen molar-refractivity contribution in [3.8, 4) is 5.75 Å². The number of aliphatic hydroxyl groups excluding tert-OH is 1. The quantitative estimate of drug-likeness (QED) is 0.373. The summed E-state index contributed by atoms with van der Waals surface area (Å²) in [6.07, 6.45) is 0.852. The standard InChI is InChI=1S/C14H23N3O2/c1-2-15-14(17-10-11-18)16-9-6-12-19-13-7-4-3-5-8-13/h3-5,7-8,18H,2,6,9-12H2,1H3,(H2,15,16,17). The van der Waals surface area contributed by atoms with E-state index >= 15 is 0 Å². The lowest BCUT2D eigenvalue weighted by atomic mass is 10.3. The van der Waals surface area contributed by atoms with Crippen molar-refractivity contribution in [2.45, 2.75) is 13.3 Å². The lowest BCUT2D eigenvalue weighted by molar-refractivity contribution is 0.299. The van der Waals surface area contributed by atoms with Gasteiger partial charge in [0.15, 0.2) is 5.96 Å². The number of hydrogen-bond acceptors (Lipinski definition) is 3. The van der Waals surface area contributed by atoms with Gasteiger partial charge in [-0.05, 0) is 19.1 Å². The van der Waals surface area contributed by atoms with Crippen LogP contribution in [-0.2, 0) is 0 Å². The van der Waals surface area contributed by atoms with Crippen molar-refractivity contribution in [1.29, 1.82) is 0 Å². The second kappa shape index (κ2) is 10.2. The second-order valence-corrected chi connectivity index (χ2v) is 3.93. The molecule has 0 aromatic heterocycles. The van der Waals surface area contributed by atoms with Crippen molar-refractivity contribution in [2.75, 3.05) is 32.8 Å². The molecule has 0 heterocycles. The van der Waals surface area contributed by atoms with Crippen LogP contribution in [0, 0.1) is 0 Å². The first-order chi connectivity index (χ1) is 9.36. The van der Waals surface area contributed by atoms with Crippen LogP contribution < -0.4 is 15.4 Å². The highest BCUT2D eigenvalue weighted by atomic mass is 16.5. The van der Waals surface area contributed by atoms with Crippen LogP contribution in [0.1, 0.15) is 13.3 Å². The van der Waals surface area contributed by atoms with E-state index in [1.807, 2.05) is 37.3 Å². The number of ether oxygens (including phenoxy) is 1. The topological polar surface area (TPSA) is 65.9 Å². The molecule has 0 aliphatic heterocycles. The minimum Gasteiger partial charge on any atom is -0.494 e. The van der Waals surface area contributed by atoms with Crippen LogP contribution in [0.5, 0.6) is 5.75 Å². The third kappa shape index (κ3) is 7.31. The normalized spacial score (nSPS) is 11.2. The van der Waals surface area contributed by atoms with E-state index in [2.05, 4.69) is 15.6 Å². The molecule has 0 saturated heterocycles. The van der Waals surface area contributed by atoms with Gasteiger partial charge in [-0.2, -0.15) is 0 Å². The van der Waals surface area contributed by atoms with Gasteiger partial charge in [-0.3, -0.25) is 4.99 Å². The van der Waals surface area contributed by atoms with E-state index in [4.69, 9.17) is 9.84 Å². The number of benzene rings is 1. The third-order valence-corrected chi connectivity index (χ3v) is 2.33. The predicted octanol–water partition coefficient (Wildman–Crippen LogP) is 1.00. The van der Waals surface area contributed by atoms with Crippen molar-refractivity contribution in [1.82, 2.24) is 10.6 Å². The van der Waals surface area contributed by atoms with Crippen molar-refractivity contribution in [2.24, 2.45) is 4.99 Å². The molecule has 0 saturated carbocycles. The summed E-state index contributed by atoms with van der Waals surface area (Å²) in [6, 6.07) is 9.75. The maximum atomic E-state index is 8.75. The number of aliphatic hydroxyl groups is 1. The van der Waals surface area contributed by atoms with Gasteiger partial charge in [0.25, 0.3) is 0 Å². The minimum absolute atomic E-state index is 0.0987. The van der Waals surface area contributed by atoms with E-state index in [-0.39, 0.29) is 6.61 Å². The molecule has 0 fully saturated rings. The molecular formula is C14H23N3O2. The van der Waals surface area contributed by atoms with E-state index in [9.17, 15) is 0 Å². The molecule has 3 N–H and O–H groups in total. The summed E-state index contributed by atoms with van der Waals surface area (Å²) < 4.78 is 5.58. The van der Waals surface area contributed by atoms with Gasteiger partial charge in [-0.1, -0.05) is 18.2 Å². The number of rotatable bonds is 8. The Morgan fingerprint density at radius 1 is 1.26 bits per heavy atom. The first-order valence-electron chi connectivity index (χ1n) is 6.67. The van der Waals surface area contributed by atoms with Crippen molar-refractivity contribution < 1.29 is 9.84 Å². The van der Waals surface area contributed by atoms with Gasteiger partial charge in [-0.15, -0.1) is 0 Å². The zero-order chi connectivity index (χ0) is 13.8. The Labute approximate surface area is 114 Å². The maximum absolute atomic E-state index is 8.75. The summed E-state index contributed by atoms with van der Waals surface area (Å²) >= 11 is 0. The average molecular weight is 265 g/mol. The molecule has 1 aromatic rings. The van der Waals surface area contributed by atoms with Gasteiger partial charge in [-0.25, -0.2) is 0 Å². The van der Waals surface area contributed by atoms with Gasteiger partial charge in [0.05, 0.1) is 13.2 Å². The highest BCUT2D eigenvalue weighted by Crippen LogP contribution is 2.08. The summed E-state index contributed by atoms with van der Waals surface area (Å²) in [5.41, 5.74) is 0. The van der Waals surface area contributed by atoms with Crippen LogP contribution in [0.25, 0.3) is 0 Å². The minimum atomic E-state index is 0.0987. The number of para-hydroxylation sites is 1. The lowest BCUT2D eigenvalue weighted by Gasteiger charge is -2.10. The Bertz CT molecular complexity index is 355. The molecule has 106 valence electrons. The average Bonchev–Trinajstić information content (AvgIpc) is 2.45. The van der Waals surface area contributed by atoms with E-state index < -0.39 is 0 Å². The number of aliphatic imine (C=N–C) groups is 1. The molecule has 5 heteroatoms. The molecule has 0 amide bonds. The van der Waals surface area contributed by atoms with Gasteiger partial charge in [0.1, 0.15) is 5.75 Å². The Morgan fingerprint density at radius 3 is 2.74 bits per heavy atom. The molecule has 0 unspecified atom stereocenters. The third-order valence-electron chi connectivity index (χ3n) is 2.33. The fraction of sp³-hybridized carbons (Fsp3) is 0.500. The molecule has 19 heavy (non-hydrogen) atoms. The van der Waals surface area contributed by atoms with Crippen LogP contribution in [0.3, 0.4) is 0 Å². The van der Waals surface area contributed by atoms with E-state index in [0.29, 0.717) is 19.7 Å². The van der Waals surface area contributed by atoms with Gasteiger partial charge in [0.2, 0.25) is 0 Å². The second-order valence-electron chi connectivity index (χ2n) is 3.93. The zero-order valence-corrected chi connectivity index (χ0v) is 11.4. The molecule has 0 aliphatic carbocycles. The Morgan fingerprint density at radius 2 is 2.05 bits per heavy atom. The van der Waals surface area contributed by atoms with Gasteiger partial charge < -0.3 is 20.5 Å². The number of nitrogens with zero attached hydrogens (tertiary/aromatic N) is 1. The molecule has 0 atom stereocenters. The highest BCUT2D eigenvalue weighted by Gasteiger charge is 1.95. The van der Waals surface area contributed by atoms with Crippen molar-refractivity contribution in [3.05, 3.63) is 30.3 Å². The van der Waals surface area contributed by atoms with E-state index in [0.717, 1.165) is 24.7 Å². The SMILES string of the molecule is CCNC(=NCCCOc1ccccc1)NCCO. The fourth-order valence-electron chi connectivity index (χ4n) is 1.48. The summed E-state index contributed by atoms with van der Waals surface area (Å²) in [7, 11) is 0. The highest BCUT2D eigenvalue weighted by molar-refractivity contribution is 5.79. The van der Waals surface area contributed by atoms with Crippen molar-refractivity contribution >= 4 is 5.96 Å². The zero-order valence-electron chi connectivity index (χ0n) is 11.4. The molecule has 5 nitrogen and oxygen atoms in total. The van der Waals surface area contributed by atoms with E-state index in [1.165, 1.54) is 0 Å². The van der Waals surface area contributed by atoms with Crippen LogP contribution >= 0.6 is 0 Å². The summed E-state index contributed by atoms with van der Waals surface area (Å²) in [5, 5.41) is 14.9.